The molecule has 1 saturated carbocycles. The molecular weight excluding hydrogens is 248 g/mol. The van der Waals surface area contributed by atoms with E-state index in [2.05, 4.69) is 41.2 Å². The van der Waals surface area contributed by atoms with E-state index in [4.69, 9.17) is 4.98 Å². The molecule has 1 unspecified atom stereocenters. The molecule has 1 aromatic heterocycles. The zero-order valence-corrected chi connectivity index (χ0v) is 12.5. The lowest BCUT2D eigenvalue weighted by Gasteiger charge is -2.39. The Morgan fingerprint density at radius 3 is 2.85 bits per heavy atom. The smallest absolute Gasteiger partial charge is 0.153 e. The average Bonchev–Trinajstić information content (AvgIpc) is 2.73. The number of piperazine rings is 1. The predicted octanol–water partition coefficient (Wildman–Crippen LogP) is 2.63. The zero-order valence-electron chi connectivity index (χ0n) is 12.5. The second kappa shape index (κ2) is 4.62. The van der Waals surface area contributed by atoms with E-state index in [9.17, 15) is 0 Å². The quantitative estimate of drug-likeness (QED) is 0.897. The monoisotopic (exact) mass is 272 g/mol. The lowest BCUT2D eigenvalue weighted by Crippen LogP contribution is -2.55. The molecule has 1 atom stereocenters. The number of hydrogen-bond donors (Lipinski definition) is 1. The van der Waals surface area contributed by atoms with Crippen molar-refractivity contribution in [3.8, 4) is 0 Å². The van der Waals surface area contributed by atoms with Crippen molar-refractivity contribution in [3.63, 3.8) is 0 Å². The SMILES string of the molecule is CC(C)N1CCN2c3ncc(C4CCC4)cc3NC2C1. The Balaban J connectivity index is 1.56. The number of fused-ring (bicyclic) bond motifs is 3. The van der Waals surface area contributed by atoms with E-state index in [-0.39, 0.29) is 0 Å². The summed E-state index contributed by atoms with van der Waals surface area (Å²) in [5.41, 5.74) is 2.69. The van der Waals surface area contributed by atoms with E-state index in [0.717, 1.165) is 25.6 Å². The van der Waals surface area contributed by atoms with Gasteiger partial charge in [0.1, 0.15) is 6.17 Å². The Labute approximate surface area is 121 Å². The fourth-order valence-corrected chi connectivity index (χ4v) is 3.60. The standard InChI is InChI=1S/C16H24N4/c1-11(2)19-6-7-20-15(10-19)18-14-8-13(9-17-16(14)20)12-4-3-5-12/h8-9,11-12,15,18H,3-7,10H2,1-2H3. The Hall–Kier alpha value is -1.29. The fraction of sp³-hybridized carbons (Fsp3) is 0.688. The lowest BCUT2D eigenvalue weighted by molar-refractivity contribution is 0.190. The van der Waals surface area contributed by atoms with E-state index < -0.39 is 0 Å². The highest BCUT2D eigenvalue weighted by molar-refractivity contribution is 5.73. The number of hydrogen-bond acceptors (Lipinski definition) is 4. The van der Waals surface area contributed by atoms with Crippen LogP contribution in [0.15, 0.2) is 12.3 Å². The molecule has 1 aromatic rings. The van der Waals surface area contributed by atoms with Gasteiger partial charge in [0.25, 0.3) is 0 Å². The van der Waals surface area contributed by atoms with Crippen LogP contribution < -0.4 is 10.2 Å². The largest absolute Gasteiger partial charge is 0.361 e. The first-order valence-electron chi connectivity index (χ1n) is 7.99. The van der Waals surface area contributed by atoms with Gasteiger partial charge in [-0.05, 0) is 44.2 Å². The minimum absolute atomic E-state index is 0.408. The molecule has 3 heterocycles. The third-order valence-electron chi connectivity index (χ3n) is 5.20. The first kappa shape index (κ1) is 12.5. The van der Waals surface area contributed by atoms with Crippen LogP contribution in [0.25, 0.3) is 0 Å². The summed E-state index contributed by atoms with van der Waals surface area (Å²) in [5, 5.41) is 3.69. The molecule has 0 bridgehead atoms. The van der Waals surface area contributed by atoms with Gasteiger partial charge in [-0.3, -0.25) is 4.90 Å². The van der Waals surface area contributed by atoms with Gasteiger partial charge in [-0.2, -0.15) is 0 Å². The van der Waals surface area contributed by atoms with Crippen LogP contribution in [-0.2, 0) is 0 Å². The molecule has 1 N–H and O–H groups in total. The van der Waals surface area contributed by atoms with Crippen LogP contribution in [0.1, 0.15) is 44.6 Å². The number of nitrogens with zero attached hydrogens (tertiary/aromatic N) is 3. The van der Waals surface area contributed by atoms with Gasteiger partial charge < -0.3 is 10.2 Å². The zero-order chi connectivity index (χ0) is 13.7. The van der Waals surface area contributed by atoms with Crippen LogP contribution in [0.4, 0.5) is 11.5 Å². The second-order valence-electron chi connectivity index (χ2n) is 6.71. The molecule has 108 valence electrons. The van der Waals surface area contributed by atoms with Crippen LogP contribution in [0.5, 0.6) is 0 Å². The molecule has 0 amide bonds. The maximum absolute atomic E-state index is 4.76. The van der Waals surface area contributed by atoms with Gasteiger partial charge in [0.2, 0.25) is 0 Å². The van der Waals surface area contributed by atoms with Crippen molar-refractivity contribution in [3.05, 3.63) is 17.8 Å². The third-order valence-corrected chi connectivity index (χ3v) is 5.20. The Bertz CT molecular complexity index is 509. The van der Waals surface area contributed by atoms with Crippen LogP contribution in [0.2, 0.25) is 0 Å². The van der Waals surface area contributed by atoms with Crippen molar-refractivity contribution in [2.24, 2.45) is 0 Å². The number of rotatable bonds is 2. The molecule has 3 aliphatic rings. The number of anilines is 2. The molecule has 0 aromatic carbocycles. The minimum Gasteiger partial charge on any atom is -0.361 e. The van der Waals surface area contributed by atoms with E-state index in [0.29, 0.717) is 12.2 Å². The van der Waals surface area contributed by atoms with E-state index in [1.807, 2.05) is 0 Å². The molecule has 0 spiro atoms. The van der Waals surface area contributed by atoms with E-state index in [1.165, 1.54) is 36.3 Å². The van der Waals surface area contributed by atoms with Gasteiger partial charge in [-0.1, -0.05) is 6.42 Å². The minimum atomic E-state index is 0.408. The van der Waals surface area contributed by atoms with Gasteiger partial charge in [0.05, 0.1) is 5.69 Å². The third kappa shape index (κ3) is 1.89. The van der Waals surface area contributed by atoms with Crippen LogP contribution in [0, 0.1) is 0 Å². The highest BCUT2D eigenvalue weighted by Gasteiger charge is 2.36. The van der Waals surface area contributed by atoms with Gasteiger partial charge in [-0.25, -0.2) is 4.98 Å². The highest BCUT2D eigenvalue weighted by Crippen LogP contribution is 2.41. The average molecular weight is 272 g/mol. The van der Waals surface area contributed by atoms with Gasteiger partial charge >= 0.3 is 0 Å². The molecular formula is C16H24N4. The Morgan fingerprint density at radius 1 is 1.30 bits per heavy atom. The summed E-state index contributed by atoms with van der Waals surface area (Å²) >= 11 is 0. The number of pyridine rings is 1. The van der Waals surface area contributed by atoms with Crippen molar-refractivity contribution in [2.45, 2.75) is 51.2 Å². The van der Waals surface area contributed by atoms with E-state index >= 15 is 0 Å². The molecule has 2 fully saturated rings. The number of aromatic nitrogens is 1. The van der Waals surface area contributed by atoms with Crippen molar-refractivity contribution in [2.75, 3.05) is 29.9 Å². The van der Waals surface area contributed by atoms with Crippen molar-refractivity contribution in [1.82, 2.24) is 9.88 Å². The Kier molecular flexibility index (Phi) is 2.88. The molecule has 4 rings (SSSR count). The van der Waals surface area contributed by atoms with Crippen LogP contribution in [0.3, 0.4) is 0 Å². The van der Waals surface area contributed by atoms with Crippen LogP contribution >= 0.6 is 0 Å². The maximum Gasteiger partial charge on any atom is 0.153 e. The summed E-state index contributed by atoms with van der Waals surface area (Å²) in [6, 6.07) is 2.98. The molecule has 1 saturated heterocycles. The Morgan fingerprint density at radius 2 is 2.15 bits per heavy atom. The molecule has 2 aliphatic heterocycles. The predicted molar refractivity (Wildman–Crippen MR) is 82.3 cm³/mol. The first-order chi connectivity index (χ1) is 9.72. The summed E-state index contributed by atoms with van der Waals surface area (Å²) in [6.07, 6.45) is 6.59. The van der Waals surface area contributed by atoms with Crippen LogP contribution in [-0.4, -0.2) is 41.7 Å². The van der Waals surface area contributed by atoms with Gasteiger partial charge in [0, 0.05) is 31.9 Å². The highest BCUT2D eigenvalue weighted by atomic mass is 15.4. The number of nitrogens with one attached hydrogen (secondary N) is 1. The summed E-state index contributed by atoms with van der Waals surface area (Å²) in [4.78, 5) is 9.75. The molecule has 4 nitrogen and oxygen atoms in total. The summed E-state index contributed by atoms with van der Waals surface area (Å²) in [7, 11) is 0. The second-order valence-corrected chi connectivity index (χ2v) is 6.71. The first-order valence-corrected chi connectivity index (χ1v) is 7.99. The fourth-order valence-electron chi connectivity index (χ4n) is 3.60. The molecule has 4 heteroatoms. The summed E-state index contributed by atoms with van der Waals surface area (Å²) in [6.45, 7) is 7.88. The van der Waals surface area contributed by atoms with Crippen molar-refractivity contribution < 1.29 is 0 Å². The molecule has 1 aliphatic carbocycles. The van der Waals surface area contributed by atoms with Gasteiger partial charge in [0.15, 0.2) is 5.82 Å². The van der Waals surface area contributed by atoms with Crippen molar-refractivity contribution in [1.29, 1.82) is 0 Å². The topological polar surface area (TPSA) is 31.4 Å². The normalized spacial score (nSPS) is 26.1. The maximum atomic E-state index is 4.76. The molecule has 20 heavy (non-hydrogen) atoms. The van der Waals surface area contributed by atoms with Crippen molar-refractivity contribution >= 4 is 11.5 Å². The van der Waals surface area contributed by atoms with E-state index in [1.54, 1.807) is 0 Å². The summed E-state index contributed by atoms with van der Waals surface area (Å²) < 4.78 is 0. The summed E-state index contributed by atoms with van der Waals surface area (Å²) in [5.74, 6) is 1.93. The van der Waals surface area contributed by atoms with Gasteiger partial charge in [-0.15, -0.1) is 0 Å². The lowest BCUT2D eigenvalue weighted by atomic mass is 9.80. The molecule has 0 radical (unpaired) electrons.